The molecular weight excluding hydrogens is 232 g/mol. The lowest BCUT2D eigenvalue weighted by molar-refractivity contribution is 0.0156. The average Bonchev–Trinajstić information content (AvgIpc) is 3.23. The molecule has 0 bridgehead atoms. The van der Waals surface area contributed by atoms with Crippen molar-refractivity contribution in [3.8, 4) is 0 Å². The first kappa shape index (κ1) is 15.3. The summed E-state index contributed by atoms with van der Waals surface area (Å²) in [5, 5.41) is 3.87. The largest absolute Gasteiger partial charge is 0.311 e. The summed E-state index contributed by atoms with van der Waals surface area (Å²) in [5.41, 5.74) is 0.424. The van der Waals surface area contributed by atoms with Crippen molar-refractivity contribution in [3.63, 3.8) is 0 Å². The van der Waals surface area contributed by atoms with Gasteiger partial charge in [-0.15, -0.1) is 0 Å². The van der Waals surface area contributed by atoms with Gasteiger partial charge in [-0.1, -0.05) is 34.1 Å². The van der Waals surface area contributed by atoms with Crippen molar-refractivity contribution >= 4 is 0 Å². The van der Waals surface area contributed by atoms with E-state index in [2.05, 4.69) is 37.9 Å². The Kier molecular flexibility index (Phi) is 5.30. The van der Waals surface area contributed by atoms with E-state index in [-0.39, 0.29) is 0 Å². The average molecular weight is 266 g/mol. The topological polar surface area (TPSA) is 15.3 Å². The number of nitrogens with zero attached hydrogens (tertiary/aromatic N) is 1. The summed E-state index contributed by atoms with van der Waals surface area (Å²) >= 11 is 0. The van der Waals surface area contributed by atoms with Crippen LogP contribution in [0.25, 0.3) is 0 Å². The second-order valence-corrected chi connectivity index (χ2v) is 7.06. The molecule has 0 aromatic heterocycles. The Balaban J connectivity index is 2.01. The van der Waals surface area contributed by atoms with Crippen LogP contribution >= 0.6 is 0 Å². The highest BCUT2D eigenvalue weighted by Crippen LogP contribution is 2.37. The van der Waals surface area contributed by atoms with Crippen LogP contribution in [-0.2, 0) is 0 Å². The van der Waals surface area contributed by atoms with E-state index in [1.165, 1.54) is 58.2 Å². The molecule has 1 N–H and O–H groups in total. The molecule has 0 amide bonds. The van der Waals surface area contributed by atoms with E-state index in [9.17, 15) is 0 Å². The van der Waals surface area contributed by atoms with Gasteiger partial charge in [0.1, 0.15) is 0 Å². The molecule has 112 valence electrons. The smallest absolute Gasteiger partial charge is 0.0329 e. The summed E-state index contributed by atoms with van der Waals surface area (Å²) in [6, 6.07) is 0.778. The van der Waals surface area contributed by atoms with Crippen molar-refractivity contribution in [2.45, 2.75) is 77.8 Å². The fourth-order valence-corrected chi connectivity index (χ4v) is 3.92. The molecule has 2 rings (SSSR count). The summed E-state index contributed by atoms with van der Waals surface area (Å²) in [5.74, 6) is 1.83. The predicted octanol–water partition coefficient (Wildman–Crippen LogP) is 3.67. The molecule has 1 aliphatic carbocycles. The summed E-state index contributed by atoms with van der Waals surface area (Å²) in [7, 11) is 0. The van der Waals surface area contributed by atoms with Crippen LogP contribution in [0.1, 0.15) is 66.2 Å². The van der Waals surface area contributed by atoms with Gasteiger partial charge in [-0.05, 0) is 43.9 Å². The van der Waals surface area contributed by atoms with Crippen LogP contribution in [0.5, 0.6) is 0 Å². The summed E-state index contributed by atoms with van der Waals surface area (Å²) in [6.45, 7) is 13.3. The maximum atomic E-state index is 3.87. The maximum Gasteiger partial charge on any atom is 0.0329 e. The van der Waals surface area contributed by atoms with E-state index >= 15 is 0 Å². The van der Waals surface area contributed by atoms with Gasteiger partial charge in [0.05, 0.1) is 0 Å². The third-order valence-electron chi connectivity index (χ3n) is 5.60. The van der Waals surface area contributed by atoms with Gasteiger partial charge in [0.25, 0.3) is 0 Å². The van der Waals surface area contributed by atoms with Crippen LogP contribution in [0.2, 0.25) is 0 Å². The third kappa shape index (κ3) is 3.52. The predicted molar refractivity (Wildman–Crippen MR) is 83.5 cm³/mol. The SMILES string of the molecule is CCCC(C)CN1CC(C2CC2)NCC1(CC)CC. The molecule has 0 radical (unpaired) electrons. The van der Waals surface area contributed by atoms with Crippen LogP contribution < -0.4 is 5.32 Å². The molecule has 19 heavy (non-hydrogen) atoms. The molecule has 2 heteroatoms. The lowest BCUT2D eigenvalue weighted by Crippen LogP contribution is -2.65. The molecule has 1 heterocycles. The maximum absolute atomic E-state index is 3.87. The number of hydrogen-bond donors (Lipinski definition) is 1. The first-order valence-corrected chi connectivity index (χ1v) is 8.63. The van der Waals surface area contributed by atoms with Crippen molar-refractivity contribution in [2.75, 3.05) is 19.6 Å². The zero-order valence-corrected chi connectivity index (χ0v) is 13.5. The lowest BCUT2D eigenvalue weighted by atomic mass is 9.85. The normalized spacial score (nSPS) is 29.4. The van der Waals surface area contributed by atoms with Crippen molar-refractivity contribution in [1.29, 1.82) is 0 Å². The van der Waals surface area contributed by atoms with Crippen molar-refractivity contribution in [2.24, 2.45) is 11.8 Å². The molecule has 2 atom stereocenters. The minimum atomic E-state index is 0.424. The van der Waals surface area contributed by atoms with Crippen LogP contribution in [0.15, 0.2) is 0 Å². The van der Waals surface area contributed by atoms with E-state index in [4.69, 9.17) is 0 Å². The van der Waals surface area contributed by atoms with Crippen molar-refractivity contribution < 1.29 is 0 Å². The Morgan fingerprint density at radius 1 is 1.21 bits per heavy atom. The molecule has 2 nitrogen and oxygen atoms in total. The molecule has 2 aliphatic rings. The van der Waals surface area contributed by atoms with E-state index in [1.807, 2.05) is 0 Å². The second kappa shape index (κ2) is 6.58. The lowest BCUT2D eigenvalue weighted by Gasteiger charge is -2.51. The molecule has 0 aromatic carbocycles. The monoisotopic (exact) mass is 266 g/mol. The number of nitrogens with one attached hydrogen (secondary N) is 1. The highest BCUT2D eigenvalue weighted by atomic mass is 15.3. The Labute approximate surface area is 120 Å². The molecule has 1 aliphatic heterocycles. The molecule has 1 saturated carbocycles. The van der Waals surface area contributed by atoms with Gasteiger partial charge in [0.15, 0.2) is 0 Å². The number of rotatable bonds is 7. The summed E-state index contributed by atoms with van der Waals surface area (Å²) < 4.78 is 0. The first-order valence-electron chi connectivity index (χ1n) is 8.63. The fourth-order valence-electron chi connectivity index (χ4n) is 3.92. The van der Waals surface area contributed by atoms with Crippen molar-refractivity contribution in [3.05, 3.63) is 0 Å². The Morgan fingerprint density at radius 3 is 2.42 bits per heavy atom. The Bertz CT molecular complexity index is 268. The number of hydrogen-bond acceptors (Lipinski definition) is 2. The molecular formula is C17H34N2. The van der Waals surface area contributed by atoms with Gasteiger partial charge in [0, 0.05) is 31.2 Å². The summed E-state index contributed by atoms with van der Waals surface area (Å²) in [6.07, 6.45) is 8.19. The summed E-state index contributed by atoms with van der Waals surface area (Å²) in [4.78, 5) is 2.85. The second-order valence-electron chi connectivity index (χ2n) is 7.06. The van der Waals surface area contributed by atoms with Gasteiger partial charge in [-0.25, -0.2) is 0 Å². The molecule has 1 saturated heterocycles. The van der Waals surface area contributed by atoms with Gasteiger partial charge < -0.3 is 5.32 Å². The zero-order valence-electron chi connectivity index (χ0n) is 13.5. The fraction of sp³-hybridized carbons (Fsp3) is 1.00. The van der Waals surface area contributed by atoms with Gasteiger partial charge >= 0.3 is 0 Å². The quantitative estimate of drug-likeness (QED) is 0.756. The van der Waals surface area contributed by atoms with E-state index in [0.29, 0.717) is 5.54 Å². The Hall–Kier alpha value is -0.0800. The molecule has 2 fully saturated rings. The minimum Gasteiger partial charge on any atom is -0.311 e. The minimum absolute atomic E-state index is 0.424. The van der Waals surface area contributed by atoms with Gasteiger partial charge in [-0.2, -0.15) is 0 Å². The van der Waals surface area contributed by atoms with E-state index in [0.717, 1.165) is 17.9 Å². The third-order valence-corrected chi connectivity index (χ3v) is 5.60. The van der Waals surface area contributed by atoms with Crippen molar-refractivity contribution in [1.82, 2.24) is 10.2 Å². The standard InChI is InChI=1S/C17H34N2/c1-5-8-14(4)11-19-12-16(15-9-10-15)18-13-17(19,6-2)7-3/h14-16,18H,5-13H2,1-4H3. The number of piperazine rings is 1. The molecule has 0 spiro atoms. The highest BCUT2D eigenvalue weighted by Gasteiger charge is 2.43. The van der Waals surface area contributed by atoms with E-state index < -0.39 is 0 Å². The van der Waals surface area contributed by atoms with E-state index in [1.54, 1.807) is 0 Å². The zero-order chi connectivity index (χ0) is 13.9. The Morgan fingerprint density at radius 2 is 1.89 bits per heavy atom. The van der Waals surface area contributed by atoms with Crippen LogP contribution in [0.4, 0.5) is 0 Å². The van der Waals surface area contributed by atoms with Crippen LogP contribution in [-0.4, -0.2) is 36.1 Å². The highest BCUT2D eigenvalue weighted by molar-refractivity contribution is 5.01. The molecule has 0 aromatic rings. The van der Waals surface area contributed by atoms with Crippen LogP contribution in [0, 0.1) is 11.8 Å². The molecule has 2 unspecified atom stereocenters. The first-order chi connectivity index (χ1) is 9.15. The van der Waals surface area contributed by atoms with Gasteiger partial charge in [0.2, 0.25) is 0 Å². The van der Waals surface area contributed by atoms with Gasteiger partial charge in [-0.3, -0.25) is 4.90 Å². The van der Waals surface area contributed by atoms with Crippen LogP contribution in [0.3, 0.4) is 0 Å².